The lowest BCUT2D eigenvalue weighted by Gasteiger charge is -2.25. The third-order valence-corrected chi connectivity index (χ3v) is 5.77. The van der Waals surface area contributed by atoms with Crippen LogP contribution in [0.3, 0.4) is 0 Å². The van der Waals surface area contributed by atoms with Gasteiger partial charge in [-0.2, -0.15) is 9.78 Å². The van der Waals surface area contributed by atoms with Crippen molar-refractivity contribution in [1.82, 2.24) is 19.7 Å². The number of carbonyl (C=O) groups is 1. The van der Waals surface area contributed by atoms with E-state index >= 15 is 0 Å². The van der Waals surface area contributed by atoms with Crippen LogP contribution in [0.15, 0.2) is 36.4 Å². The molecule has 0 spiro atoms. The molecule has 2 N–H and O–H groups in total. The number of benzene rings is 2. The van der Waals surface area contributed by atoms with E-state index in [2.05, 4.69) is 15.3 Å². The summed E-state index contributed by atoms with van der Waals surface area (Å²) in [5.41, 5.74) is 4.34. The minimum Gasteiger partial charge on any atom is -0.493 e. The summed E-state index contributed by atoms with van der Waals surface area (Å²) in [6, 6.07) is 11.5. The van der Waals surface area contributed by atoms with Crippen LogP contribution in [-0.2, 0) is 4.79 Å². The van der Waals surface area contributed by atoms with E-state index in [0.717, 1.165) is 27.9 Å². The van der Waals surface area contributed by atoms with Gasteiger partial charge in [0.25, 0.3) is 0 Å². The average molecular weight is 433 g/mol. The standard InChI is InChI=1S/C23H23N5O4/c1-12-20-14(13-9-17(30-2)21(32-4)18(10-13)31-3)11-19(29)26-22(20)28(27-12)23-24-15-7-5-6-8-16(15)25-23/h5-10,14H,11H2,1-4H3,(H,24,25)(H,26,29)/t14-/m1/s1. The Kier molecular flexibility index (Phi) is 4.73. The average Bonchev–Trinajstić information content (AvgIpc) is 3.38. The van der Waals surface area contributed by atoms with Gasteiger partial charge in [0.1, 0.15) is 5.82 Å². The van der Waals surface area contributed by atoms with E-state index in [9.17, 15) is 4.79 Å². The molecular weight excluding hydrogens is 410 g/mol. The van der Waals surface area contributed by atoms with Gasteiger partial charge < -0.3 is 24.5 Å². The van der Waals surface area contributed by atoms with Gasteiger partial charge >= 0.3 is 0 Å². The zero-order chi connectivity index (χ0) is 22.4. The quantitative estimate of drug-likeness (QED) is 0.499. The maximum atomic E-state index is 12.7. The third kappa shape index (κ3) is 3.05. The first kappa shape index (κ1) is 19.9. The summed E-state index contributed by atoms with van der Waals surface area (Å²) in [6.45, 7) is 1.93. The lowest BCUT2D eigenvalue weighted by atomic mass is 9.85. The first-order valence-electron chi connectivity index (χ1n) is 10.2. The number of fused-ring (bicyclic) bond motifs is 2. The number of methoxy groups -OCH3 is 3. The molecule has 1 atom stereocenters. The summed E-state index contributed by atoms with van der Waals surface area (Å²) in [5.74, 6) is 2.40. The SMILES string of the molecule is COc1cc([C@H]2CC(=O)Nc3c2c(C)nn3-c2nc3ccccc3[nH]2)cc(OC)c1OC. The van der Waals surface area contributed by atoms with Gasteiger partial charge in [0, 0.05) is 17.9 Å². The molecule has 9 heteroatoms. The number of carbonyl (C=O) groups excluding carboxylic acids is 1. The van der Waals surface area contributed by atoms with Crippen LogP contribution >= 0.6 is 0 Å². The number of aromatic amines is 1. The fourth-order valence-corrected chi connectivity index (χ4v) is 4.33. The summed E-state index contributed by atoms with van der Waals surface area (Å²) in [4.78, 5) is 20.7. The number of aromatic nitrogens is 4. The number of aryl methyl sites for hydroxylation is 1. The molecule has 1 aliphatic heterocycles. The number of nitrogens with one attached hydrogen (secondary N) is 2. The van der Waals surface area contributed by atoms with Crippen LogP contribution in [0, 0.1) is 6.92 Å². The molecule has 2 aromatic carbocycles. The van der Waals surface area contributed by atoms with Crippen LogP contribution in [0.2, 0.25) is 0 Å². The fourth-order valence-electron chi connectivity index (χ4n) is 4.33. The smallest absolute Gasteiger partial charge is 0.231 e. The van der Waals surface area contributed by atoms with Crippen LogP contribution in [-0.4, -0.2) is 47.0 Å². The van der Waals surface area contributed by atoms with Crippen LogP contribution in [0.25, 0.3) is 17.0 Å². The van der Waals surface area contributed by atoms with Crippen LogP contribution in [0.4, 0.5) is 5.82 Å². The Morgan fingerprint density at radius 1 is 1.06 bits per heavy atom. The van der Waals surface area contributed by atoms with Gasteiger partial charge in [-0.15, -0.1) is 0 Å². The van der Waals surface area contributed by atoms with Crippen molar-refractivity contribution in [3.63, 3.8) is 0 Å². The number of anilines is 1. The predicted octanol–water partition coefficient (Wildman–Crippen LogP) is 3.56. The minimum absolute atomic E-state index is 0.103. The van der Waals surface area contributed by atoms with Crippen LogP contribution in [0.5, 0.6) is 17.2 Å². The molecule has 0 fully saturated rings. The maximum Gasteiger partial charge on any atom is 0.231 e. The largest absolute Gasteiger partial charge is 0.493 e. The second-order valence-corrected chi connectivity index (χ2v) is 7.60. The Bertz CT molecular complexity index is 1280. The van der Waals surface area contributed by atoms with Gasteiger partial charge in [0.15, 0.2) is 11.5 Å². The second-order valence-electron chi connectivity index (χ2n) is 7.60. The van der Waals surface area contributed by atoms with Gasteiger partial charge in [-0.25, -0.2) is 4.98 Å². The van der Waals surface area contributed by atoms with E-state index in [1.165, 1.54) is 0 Å². The van der Waals surface area contributed by atoms with Gasteiger partial charge in [0.2, 0.25) is 17.6 Å². The molecule has 1 aliphatic rings. The number of hydrogen-bond donors (Lipinski definition) is 2. The first-order chi connectivity index (χ1) is 15.5. The molecule has 0 unspecified atom stereocenters. The Morgan fingerprint density at radius 2 is 1.78 bits per heavy atom. The van der Waals surface area contributed by atoms with Crippen molar-refractivity contribution in [2.45, 2.75) is 19.3 Å². The highest BCUT2D eigenvalue weighted by Crippen LogP contribution is 2.45. The lowest BCUT2D eigenvalue weighted by molar-refractivity contribution is -0.116. The number of para-hydroxylation sites is 2. The van der Waals surface area contributed by atoms with E-state index < -0.39 is 0 Å². The van der Waals surface area contributed by atoms with Gasteiger partial charge in [-0.05, 0) is 36.8 Å². The normalized spacial score (nSPS) is 15.4. The summed E-state index contributed by atoms with van der Waals surface area (Å²) < 4.78 is 18.2. The third-order valence-electron chi connectivity index (χ3n) is 5.77. The molecule has 3 heterocycles. The minimum atomic E-state index is -0.231. The summed E-state index contributed by atoms with van der Waals surface area (Å²) in [6.07, 6.45) is 0.276. The molecule has 5 rings (SSSR count). The molecule has 0 radical (unpaired) electrons. The molecule has 0 saturated heterocycles. The molecular formula is C23H23N5O4. The van der Waals surface area contributed by atoms with E-state index in [1.807, 2.05) is 43.3 Å². The highest BCUT2D eigenvalue weighted by molar-refractivity contribution is 5.95. The molecule has 32 heavy (non-hydrogen) atoms. The highest BCUT2D eigenvalue weighted by atomic mass is 16.5. The van der Waals surface area contributed by atoms with Crippen molar-refractivity contribution in [1.29, 1.82) is 0 Å². The number of imidazole rings is 1. The number of hydrogen-bond acceptors (Lipinski definition) is 6. The molecule has 0 bridgehead atoms. The number of H-pyrrole nitrogens is 1. The molecule has 0 aliphatic carbocycles. The van der Waals surface area contributed by atoms with Crippen molar-refractivity contribution >= 4 is 22.8 Å². The summed E-state index contributed by atoms with van der Waals surface area (Å²) in [5, 5.41) is 7.69. The Balaban J connectivity index is 1.67. The van der Waals surface area contributed by atoms with E-state index in [1.54, 1.807) is 26.0 Å². The van der Waals surface area contributed by atoms with E-state index in [-0.39, 0.29) is 18.2 Å². The van der Waals surface area contributed by atoms with Gasteiger partial charge in [-0.3, -0.25) is 4.79 Å². The number of nitrogens with zero attached hydrogens (tertiary/aromatic N) is 3. The van der Waals surface area contributed by atoms with Crippen LogP contribution in [0.1, 0.15) is 29.2 Å². The van der Waals surface area contributed by atoms with Crippen molar-refractivity contribution in [3.8, 4) is 23.2 Å². The lowest BCUT2D eigenvalue weighted by Crippen LogP contribution is -2.25. The van der Waals surface area contributed by atoms with Gasteiger partial charge in [0.05, 0.1) is 38.1 Å². The number of ether oxygens (including phenoxy) is 3. The molecule has 9 nitrogen and oxygen atoms in total. The van der Waals surface area contributed by atoms with E-state index in [4.69, 9.17) is 19.3 Å². The monoisotopic (exact) mass is 433 g/mol. The fraction of sp³-hybridized carbons (Fsp3) is 0.261. The Labute approximate surface area is 184 Å². The zero-order valence-electron chi connectivity index (χ0n) is 18.2. The van der Waals surface area contributed by atoms with Crippen molar-refractivity contribution < 1.29 is 19.0 Å². The predicted molar refractivity (Wildman–Crippen MR) is 119 cm³/mol. The molecule has 1 amide bonds. The summed E-state index contributed by atoms with van der Waals surface area (Å²) >= 11 is 0. The Hall–Kier alpha value is -4.01. The Morgan fingerprint density at radius 3 is 2.44 bits per heavy atom. The van der Waals surface area contributed by atoms with Crippen molar-refractivity contribution in [2.24, 2.45) is 0 Å². The van der Waals surface area contributed by atoms with Crippen LogP contribution < -0.4 is 19.5 Å². The van der Waals surface area contributed by atoms with E-state index in [0.29, 0.717) is 29.0 Å². The highest BCUT2D eigenvalue weighted by Gasteiger charge is 2.34. The maximum absolute atomic E-state index is 12.7. The van der Waals surface area contributed by atoms with Gasteiger partial charge in [-0.1, -0.05) is 12.1 Å². The summed E-state index contributed by atoms with van der Waals surface area (Å²) in [7, 11) is 4.71. The zero-order valence-corrected chi connectivity index (χ0v) is 18.2. The van der Waals surface area contributed by atoms with Crippen molar-refractivity contribution in [3.05, 3.63) is 53.2 Å². The first-order valence-corrected chi connectivity index (χ1v) is 10.2. The molecule has 0 saturated carbocycles. The molecule has 164 valence electrons. The topological polar surface area (TPSA) is 103 Å². The molecule has 4 aromatic rings. The molecule has 2 aromatic heterocycles. The number of amides is 1. The number of rotatable bonds is 5. The van der Waals surface area contributed by atoms with Crippen molar-refractivity contribution in [2.75, 3.05) is 26.6 Å². The second kappa shape index (κ2) is 7.60.